The van der Waals surface area contributed by atoms with Crippen LogP contribution >= 0.6 is 11.3 Å². The van der Waals surface area contributed by atoms with E-state index in [0.29, 0.717) is 30.4 Å². The predicted octanol–water partition coefficient (Wildman–Crippen LogP) is 0.289. The summed E-state index contributed by atoms with van der Waals surface area (Å²) < 4.78 is 6.42. The SMILES string of the molecule is COCCN(CC(=O)O)Cc1cc(=O)n2ccsc2n1. The Morgan fingerprint density at radius 3 is 3.10 bits per heavy atom. The summed E-state index contributed by atoms with van der Waals surface area (Å²) in [5.41, 5.74) is 0.406. The van der Waals surface area contributed by atoms with Crippen LogP contribution in [0.1, 0.15) is 5.69 Å². The lowest BCUT2D eigenvalue weighted by atomic mass is 10.3. The molecule has 0 aliphatic rings. The molecule has 1 N–H and O–H groups in total. The minimum Gasteiger partial charge on any atom is -0.480 e. The van der Waals surface area contributed by atoms with Crippen molar-refractivity contribution < 1.29 is 14.6 Å². The second-order valence-electron chi connectivity index (χ2n) is 4.24. The highest BCUT2D eigenvalue weighted by Gasteiger charge is 2.12. The van der Waals surface area contributed by atoms with Gasteiger partial charge in [-0.3, -0.25) is 18.9 Å². The number of aliphatic carboxylic acids is 1. The number of ether oxygens (including phenoxy) is 1. The molecule has 0 atom stereocenters. The average molecular weight is 297 g/mol. The first-order valence-corrected chi connectivity index (χ1v) is 6.87. The summed E-state index contributed by atoms with van der Waals surface area (Å²) in [6.07, 6.45) is 1.67. The third kappa shape index (κ3) is 3.62. The molecule has 2 aromatic heterocycles. The first kappa shape index (κ1) is 14.6. The number of thiazole rings is 1. The minimum atomic E-state index is -0.921. The van der Waals surface area contributed by atoms with Crippen molar-refractivity contribution in [1.29, 1.82) is 0 Å². The number of aromatic nitrogens is 2. The molecule has 0 amide bonds. The number of fused-ring (bicyclic) bond motifs is 1. The van der Waals surface area contributed by atoms with Crippen LogP contribution in [0.5, 0.6) is 0 Å². The van der Waals surface area contributed by atoms with Crippen LogP contribution in [-0.4, -0.2) is 52.2 Å². The Morgan fingerprint density at radius 1 is 1.60 bits per heavy atom. The number of carbonyl (C=O) groups is 1. The van der Waals surface area contributed by atoms with Crippen molar-refractivity contribution in [3.8, 4) is 0 Å². The molecule has 7 nitrogen and oxygen atoms in total. The van der Waals surface area contributed by atoms with Crippen molar-refractivity contribution in [3.05, 3.63) is 33.7 Å². The van der Waals surface area contributed by atoms with Gasteiger partial charge in [0.15, 0.2) is 4.96 Å². The fourth-order valence-corrected chi connectivity index (χ4v) is 2.56. The van der Waals surface area contributed by atoms with E-state index in [4.69, 9.17) is 9.84 Å². The molecule has 2 rings (SSSR count). The molecular weight excluding hydrogens is 282 g/mol. The lowest BCUT2D eigenvalue weighted by Gasteiger charge is -2.19. The van der Waals surface area contributed by atoms with Gasteiger partial charge < -0.3 is 9.84 Å². The Kier molecular flexibility index (Phi) is 4.83. The van der Waals surface area contributed by atoms with Gasteiger partial charge in [-0.05, 0) is 0 Å². The van der Waals surface area contributed by atoms with Crippen LogP contribution in [0.15, 0.2) is 22.4 Å². The first-order valence-electron chi connectivity index (χ1n) is 5.99. The maximum absolute atomic E-state index is 11.8. The molecule has 0 aliphatic heterocycles. The molecule has 0 saturated carbocycles. The van der Waals surface area contributed by atoms with Gasteiger partial charge in [0.05, 0.1) is 18.8 Å². The monoisotopic (exact) mass is 297 g/mol. The third-order valence-corrected chi connectivity index (χ3v) is 3.47. The molecule has 0 saturated heterocycles. The highest BCUT2D eigenvalue weighted by Crippen LogP contribution is 2.08. The Labute approximate surface area is 119 Å². The van der Waals surface area contributed by atoms with Gasteiger partial charge in [0, 0.05) is 37.8 Å². The van der Waals surface area contributed by atoms with Gasteiger partial charge in [-0.15, -0.1) is 11.3 Å². The lowest BCUT2D eigenvalue weighted by molar-refractivity contribution is -0.138. The number of rotatable bonds is 7. The zero-order valence-corrected chi connectivity index (χ0v) is 11.8. The Bertz CT molecular complexity index is 651. The molecule has 0 unspecified atom stereocenters. The van der Waals surface area contributed by atoms with Crippen molar-refractivity contribution in [1.82, 2.24) is 14.3 Å². The van der Waals surface area contributed by atoms with E-state index < -0.39 is 5.97 Å². The van der Waals surface area contributed by atoms with Gasteiger partial charge in [-0.2, -0.15) is 0 Å². The van der Waals surface area contributed by atoms with E-state index in [-0.39, 0.29) is 12.1 Å². The van der Waals surface area contributed by atoms with Gasteiger partial charge in [0.1, 0.15) is 0 Å². The number of hydrogen-bond donors (Lipinski definition) is 1. The van der Waals surface area contributed by atoms with E-state index >= 15 is 0 Å². The molecule has 2 aromatic rings. The maximum Gasteiger partial charge on any atom is 0.317 e. The van der Waals surface area contributed by atoms with Gasteiger partial charge in [0.25, 0.3) is 5.56 Å². The topological polar surface area (TPSA) is 84.1 Å². The van der Waals surface area contributed by atoms with Crippen LogP contribution in [0.2, 0.25) is 0 Å². The van der Waals surface area contributed by atoms with Crippen LogP contribution in [0.4, 0.5) is 0 Å². The molecule has 108 valence electrons. The lowest BCUT2D eigenvalue weighted by Crippen LogP contribution is -2.33. The average Bonchev–Trinajstić information content (AvgIpc) is 2.84. The van der Waals surface area contributed by atoms with Crippen LogP contribution in [0.3, 0.4) is 0 Å². The van der Waals surface area contributed by atoms with E-state index in [1.54, 1.807) is 23.6 Å². The smallest absolute Gasteiger partial charge is 0.317 e. The van der Waals surface area contributed by atoms with Gasteiger partial charge in [-0.1, -0.05) is 0 Å². The van der Waals surface area contributed by atoms with Crippen LogP contribution < -0.4 is 5.56 Å². The molecular formula is C12H15N3O4S. The summed E-state index contributed by atoms with van der Waals surface area (Å²) in [6.45, 7) is 1.08. The number of carboxylic acid groups (broad SMARTS) is 1. The van der Waals surface area contributed by atoms with Crippen LogP contribution in [-0.2, 0) is 16.1 Å². The highest BCUT2D eigenvalue weighted by molar-refractivity contribution is 7.15. The quantitative estimate of drug-likeness (QED) is 0.791. The van der Waals surface area contributed by atoms with Crippen molar-refractivity contribution in [2.75, 3.05) is 26.8 Å². The Hall–Kier alpha value is -1.77. The zero-order chi connectivity index (χ0) is 14.5. The number of hydrogen-bond acceptors (Lipinski definition) is 6. The highest BCUT2D eigenvalue weighted by atomic mass is 32.1. The molecule has 2 heterocycles. The second kappa shape index (κ2) is 6.60. The maximum atomic E-state index is 11.8. The van der Waals surface area contributed by atoms with Crippen molar-refractivity contribution >= 4 is 22.3 Å². The number of methoxy groups -OCH3 is 1. The van der Waals surface area contributed by atoms with Crippen LogP contribution in [0, 0.1) is 0 Å². The van der Waals surface area contributed by atoms with Gasteiger partial charge in [0.2, 0.25) is 0 Å². The minimum absolute atomic E-state index is 0.116. The fraction of sp³-hybridized carbons (Fsp3) is 0.417. The van der Waals surface area contributed by atoms with E-state index in [0.717, 1.165) is 0 Å². The summed E-state index contributed by atoms with van der Waals surface area (Å²) in [5.74, 6) is -0.921. The van der Waals surface area contributed by atoms with E-state index in [1.165, 1.54) is 21.8 Å². The van der Waals surface area contributed by atoms with E-state index in [2.05, 4.69) is 4.98 Å². The first-order chi connectivity index (χ1) is 9.60. The molecule has 0 aromatic carbocycles. The molecule has 8 heteroatoms. The fourth-order valence-electron chi connectivity index (χ4n) is 1.82. The molecule has 20 heavy (non-hydrogen) atoms. The number of nitrogens with zero attached hydrogens (tertiary/aromatic N) is 3. The molecule has 0 aliphatic carbocycles. The van der Waals surface area contributed by atoms with Crippen molar-refractivity contribution in [2.45, 2.75) is 6.54 Å². The summed E-state index contributed by atoms with van der Waals surface area (Å²) in [6, 6.07) is 1.43. The summed E-state index contributed by atoms with van der Waals surface area (Å²) in [4.78, 5) is 29.3. The van der Waals surface area contributed by atoms with E-state index in [9.17, 15) is 9.59 Å². The van der Waals surface area contributed by atoms with Crippen molar-refractivity contribution in [2.24, 2.45) is 0 Å². The molecule has 0 radical (unpaired) electrons. The molecule has 0 fully saturated rings. The van der Waals surface area contributed by atoms with Crippen molar-refractivity contribution in [3.63, 3.8) is 0 Å². The second-order valence-corrected chi connectivity index (χ2v) is 5.11. The largest absolute Gasteiger partial charge is 0.480 e. The predicted molar refractivity (Wildman–Crippen MR) is 74.1 cm³/mol. The van der Waals surface area contributed by atoms with E-state index in [1.807, 2.05) is 0 Å². The summed E-state index contributed by atoms with van der Waals surface area (Å²) in [7, 11) is 1.56. The number of carboxylic acids is 1. The van der Waals surface area contributed by atoms with Gasteiger partial charge in [-0.25, -0.2) is 4.98 Å². The van der Waals surface area contributed by atoms with Gasteiger partial charge >= 0.3 is 5.97 Å². The summed E-state index contributed by atoms with van der Waals surface area (Å²) >= 11 is 1.37. The third-order valence-electron chi connectivity index (χ3n) is 2.71. The Morgan fingerprint density at radius 2 is 2.40 bits per heavy atom. The Balaban J connectivity index is 2.18. The normalized spacial score (nSPS) is 11.3. The zero-order valence-electron chi connectivity index (χ0n) is 11.0. The van der Waals surface area contributed by atoms with Crippen LogP contribution in [0.25, 0.3) is 4.96 Å². The molecule has 0 bridgehead atoms. The molecule has 0 spiro atoms. The standard InChI is InChI=1S/C12H15N3O4S/c1-19-4-2-14(8-11(17)18)7-9-6-10(16)15-3-5-20-12(15)13-9/h3,5-6H,2,4,7-8H2,1H3,(H,17,18). The summed E-state index contributed by atoms with van der Waals surface area (Å²) in [5, 5.41) is 10.7.